The molecular weight excluding hydrogens is 352 g/mol. The highest BCUT2D eigenvalue weighted by Crippen LogP contribution is 2.15. The Balaban J connectivity index is 1.84. The van der Waals surface area contributed by atoms with Crippen LogP contribution in [0.2, 0.25) is 5.02 Å². The first-order valence-corrected chi connectivity index (χ1v) is 8.76. The van der Waals surface area contributed by atoms with Crippen molar-refractivity contribution in [3.05, 3.63) is 65.1 Å². The number of imidazole rings is 1. The molecule has 0 saturated carbocycles. The lowest BCUT2D eigenvalue weighted by atomic mass is 10.3. The summed E-state index contributed by atoms with van der Waals surface area (Å²) < 4.78 is 26.0. The summed E-state index contributed by atoms with van der Waals surface area (Å²) in [5.41, 5.74) is 3.53. The van der Waals surface area contributed by atoms with Crippen molar-refractivity contribution in [2.24, 2.45) is 0 Å². The number of carbonyl (C=O) groups excluding carboxylic acids is 1. The number of aromatic nitrogens is 2. The summed E-state index contributed by atoms with van der Waals surface area (Å²) in [7, 11) is -3.93. The fourth-order valence-electron chi connectivity index (χ4n) is 2.25. The van der Waals surface area contributed by atoms with Crippen LogP contribution in [0.25, 0.3) is 5.65 Å². The van der Waals surface area contributed by atoms with Gasteiger partial charge in [-0.15, -0.1) is 4.83 Å². The van der Waals surface area contributed by atoms with E-state index in [1.54, 1.807) is 41.8 Å². The van der Waals surface area contributed by atoms with E-state index in [1.807, 2.05) is 0 Å². The molecule has 2 N–H and O–H groups in total. The number of fused-ring (bicyclic) bond motifs is 1. The highest BCUT2D eigenvalue weighted by Gasteiger charge is 2.20. The molecule has 24 heavy (non-hydrogen) atoms. The van der Waals surface area contributed by atoms with Gasteiger partial charge < -0.3 is 0 Å². The minimum atomic E-state index is -3.93. The smallest absolute Gasteiger partial charge is 0.285 e. The van der Waals surface area contributed by atoms with Crippen LogP contribution in [0, 0.1) is 6.92 Å². The topological polar surface area (TPSA) is 92.6 Å². The summed E-state index contributed by atoms with van der Waals surface area (Å²) in [6, 6.07) is 11.0. The molecule has 9 heteroatoms. The minimum absolute atomic E-state index is 0.0508. The molecule has 0 aliphatic carbocycles. The van der Waals surface area contributed by atoms with Gasteiger partial charge >= 0.3 is 0 Å². The zero-order valence-corrected chi connectivity index (χ0v) is 14.1. The molecule has 0 radical (unpaired) electrons. The van der Waals surface area contributed by atoms with E-state index in [-0.39, 0.29) is 15.6 Å². The van der Waals surface area contributed by atoms with Crippen molar-refractivity contribution in [3.8, 4) is 0 Å². The number of nitrogens with zero attached hydrogens (tertiary/aromatic N) is 2. The summed E-state index contributed by atoms with van der Waals surface area (Å²) >= 11 is 5.79. The van der Waals surface area contributed by atoms with Crippen LogP contribution in [-0.4, -0.2) is 23.7 Å². The molecule has 0 saturated heterocycles. The second kappa shape index (κ2) is 6.23. The lowest BCUT2D eigenvalue weighted by molar-refractivity contribution is 0.0938. The monoisotopic (exact) mass is 364 g/mol. The van der Waals surface area contributed by atoms with Crippen LogP contribution in [0.5, 0.6) is 0 Å². The zero-order valence-electron chi connectivity index (χ0n) is 12.5. The second-order valence-electron chi connectivity index (χ2n) is 4.99. The van der Waals surface area contributed by atoms with Crippen LogP contribution in [0.4, 0.5) is 0 Å². The normalized spacial score (nSPS) is 11.6. The Hall–Kier alpha value is -2.42. The van der Waals surface area contributed by atoms with E-state index in [0.29, 0.717) is 11.3 Å². The van der Waals surface area contributed by atoms with Gasteiger partial charge in [0.25, 0.3) is 15.9 Å². The van der Waals surface area contributed by atoms with Crippen molar-refractivity contribution in [2.45, 2.75) is 11.8 Å². The highest BCUT2D eigenvalue weighted by atomic mass is 35.5. The third kappa shape index (κ3) is 3.12. The molecule has 0 fully saturated rings. The largest absolute Gasteiger partial charge is 0.295 e. The molecule has 0 spiro atoms. The van der Waals surface area contributed by atoms with Gasteiger partial charge in [0.2, 0.25) is 0 Å². The maximum absolute atomic E-state index is 12.4. The number of amides is 1. The molecule has 0 atom stereocenters. The molecule has 1 aromatic carbocycles. The van der Waals surface area contributed by atoms with E-state index in [4.69, 9.17) is 11.6 Å². The Morgan fingerprint density at radius 1 is 1.21 bits per heavy atom. The Morgan fingerprint density at radius 3 is 2.75 bits per heavy atom. The first-order valence-electron chi connectivity index (χ1n) is 6.90. The first kappa shape index (κ1) is 16.4. The Kier molecular flexibility index (Phi) is 4.27. The molecule has 3 aromatic rings. The number of sulfonamides is 1. The van der Waals surface area contributed by atoms with Gasteiger partial charge in [-0.1, -0.05) is 23.7 Å². The predicted octanol–water partition coefficient (Wildman–Crippen LogP) is 1.92. The quantitative estimate of drug-likeness (QED) is 0.692. The average molecular weight is 365 g/mol. The molecule has 0 aliphatic heterocycles. The number of rotatable bonds is 4. The van der Waals surface area contributed by atoms with Gasteiger partial charge in [-0.3, -0.25) is 14.6 Å². The summed E-state index contributed by atoms with van der Waals surface area (Å²) in [5, 5.41) is 0.279. The summed E-state index contributed by atoms with van der Waals surface area (Å²) in [5.74, 6) is -0.614. The SMILES string of the molecule is Cc1nc2ccccn2c1C(=O)NNS(=O)(=O)c1cccc(Cl)c1. The number of carbonyl (C=O) groups is 1. The fraction of sp³-hybridized carbons (Fsp3) is 0.0667. The third-order valence-electron chi connectivity index (χ3n) is 3.32. The standard InChI is InChI=1S/C15H13ClN4O3S/c1-10-14(20-8-3-2-7-13(20)17-10)15(21)18-19-24(22,23)12-6-4-5-11(16)9-12/h2-9,19H,1H3,(H,18,21). The van der Waals surface area contributed by atoms with Gasteiger partial charge in [0.15, 0.2) is 0 Å². The Bertz CT molecular complexity index is 1030. The first-order chi connectivity index (χ1) is 11.4. The zero-order chi connectivity index (χ0) is 17.3. The van der Waals surface area contributed by atoms with Gasteiger partial charge in [0.1, 0.15) is 11.3 Å². The van der Waals surface area contributed by atoms with Gasteiger partial charge in [0, 0.05) is 11.2 Å². The van der Waals surface area contributed by atoms with Crippen LogP contribution in [-0.2, 0) is 10.0 Å². The minimum Gasteiger partial charge on any atom is -0.295 e. The van der Waals surface area contributed by atoms with E-state index >= 15 is 0 Å². The lowest BCUT2D eigenvalue weighted by Crippen LogP contribution is -2.42. The maximum atomic E-state index is 12.4. The molecule has 0 bridgehead atoms. The highest BCUT2D eigenvalue weighted by molar-refractivity contribution is 7.89. The molecule has 7 nitrogen and oxygen atoms in total. The number of aryl methyl sites for hydroxylation is 1. The van der Waals surface area contributed by atoms with Gasteiger partial charge in [-0.2, -0.15) is 0 Å². The van der Waals surface area contributed by atoms with Crippen molar-refractivity contribution in [2.75, 3.05) is 0 Å². The molecule has 2 heterocycles. The molecule has 124 valence electrons. The lowest BCUT2D eigenvalue weighted by Gasteiger charge is -2.09. The number of hydrazine groups is 1. The van der Waals surface area contributed by atoms with Crippen molar-refractivity contribution >= 4 is 33.2 Å². The van der Waals surface area contributed by atoms with Crippen LogP contribution >= 0.6 is 11.6 Å². The van der Waals surface area contributed by atoms with E-state index in [9.17, 15) is 13.2 Å². The van der Waals surface area contributed by atoms with Crippen LogP contribution in [0.15, 0.2) is 53.6 Å². The summed E-state index contributed by atoms with van der Waals surface area (Å²) in [6.07, 6.45) is 1.68. The van der Waals surface area contributed by atoms with Crippen molar-refractivity contribution in [3.63, 3.8) is 0 Å². The number of benzene rings is 1. The van der Waals surface area contributed by atoms with E-state index in [0.717, 1.165) is 0 Å². The molecule has 0 unspecified atom stereocenters. The molecule has 1 amide bonds. The van der Waals surface area contributed by atoms with Crippen molar-refractivity contribution < 1.29 is 13.2 Å². The summed E-state index contributed by atoms with van der Waals surface area (Å²) in [6.45, 7) is 1.67. The number of hydrogen-bond donors (Lipinski definition) is 2. The third-order valence-corrected chi connectivity index (χ3v) is 4.81. The molecule has 2 aromatic heterocycles. The van der Waals surface area contributed by atoms with E-state index in [1.165, 1.54) is 18.2 Å². The van der Waals surface area contributed by atoms with Gasteiger partial charge in [0.05, 0.1) is 10.6 Å². The van der Waals surface area contributed by atoms with Crippen LogP contribution in [0.3, 0.4) is 0 Å². The number of pyridine rings is 1. The Morgan fingerprint density at radius 2 is 2.00 bits per heavy atom. The number of hydrogen-bond acceptors (Lipinski definition) is 4. The van der Waals surface area contributed by atoms with Gasteiger partial charge in [-0.25, -0.2) is 13.4 Å². The predicted molar refractivity (Wildman–Crippen MR) is 89.2 cm³/mol. The van der Waals surface area contributed by atoms with E-state index in [2.05, 4.69) is 15.2 Å². The van der Waals surface area contributed by atoms with Gasteiger partial charge in [-0.05, 0) is 37.3 Å². The molecular formula is C15H13ClN4O3S. The fourth-order valence-corrected chi connectivity index (χ4v) is 3.39. The Labute approximate surface area is 143 Å². The second-order valence-corrected chi connectivity index (χ2v) is 7.11. The molecule has 0 aliphatic rings. The van der Waals surface area contributed by atoms with Crippen molar-refractivity contribution in [1.29, 1.82) is 0 Å². The van der Waals surface area contributed by atoms with E-state index < -0.39 is 15.9 Å². The maximum Gasteiger partial charge on any atom is 0.285 e. The van der Waals surface area contributed by atoms with Crippen LogP contribution < -0.4 is 10.3 Å². The van der Waals surface area contributed by atoms with Crippen molar-refractivity contribution in [1.82, 2.24) is 19.6 Å². The number of halogens is 1. The number of nitrogens with one attached hydrogen (secondary N) is 2. The summed E-state index contributed by atoms with van der Waals surface area (Å²) in [4.78, 5) is 18.6. The molecule has 3 rings (SSSR count). The average Bonchev–Trinajstić information content (AvgIpc) is 2.88. The van der Waals surface area contributed by atoms with Crippen LogP contribution in [0.1, 0.15) is 16.2 Å².